The van der Waals surface area contributed by atoms with Gasteiger partial charge in [-0.1, -0.05) is 74.0 Å². The van der Waals surface area contributed by atoms with Crippen LogP contribution in [0.5, 0.6) is 0 Å². The summed E-state index contributed by atoms with van der Waals surface area (Å²) in [5.41, 5.74) is -0.0103. The molecule has 1 aliphatic rings. The Bertz CT molecular complexity index is 432. The smallest absolute Gasteiger partial charge is 0.0874 e. The van der Waals surface area contributed by atoms with Gasteiger partial charge in [-0.15, -0.1) is 6.58 Å². The number of hydrogen-bond donors (Lipinski definition) is 1. The molecule has 0 heterocycles. The highest BCUT2D eigenvalue weighted by Gasteiger charge is 2.38. The molecule has 20 heavy (non-hydrogen) atoms. The SMILES string of the molecule is C=C[C@@H](CC1(O)CCCCC1)[Si](C)(C)c1ccccc1. The van der Waals surface area contributed by atoms with Crippen molar-refractivity contribution in [3.8, 4) is 0 Å². The van der Waals surface area contributed by atoms with E-state index in [0.29, 0.717) is 5.54 Å². The lowest BCUT2D eigenvalue weighted by molar-refractivity contribution is -0.00309. The van der Waals surface area contributed by atoms with Crippen molar-refractivity contribution in [2.45, 2.75) is 62.8 Å². The fraction of sp³-hybridized carbons (Fsp3) is 0.556. The van der Waals surface area contributed by atoms with E-state index in [9.17, 15) is 5.11 Å². The maximum absolute atomic E-state index is 10.9. The molecule has 2 rings (SSSR count). The summed E-state index contributed by atoms with van der Waals surface area (Å²) in [6.07, 6.45) is 8.56. The maximum atomic E-state index is 10.9. The molecule has 0 spiro atoms. The second kappa shape index (κ2) is 6.27. The maximum Gasteiger partial charge on any atom is 0.0874 e. The highest BCUT2D eigenvalue weighted by molar-refractivity contribution is 6.91. The van der Waals surface area contributed by atoms with Crippen LogP contribution in [0, 0.1) is 0 Å². The zero-order valence-electron chi connectivity index (χ0n) is 12.9. The van der Waals surface area contributed by atoms with Gasteiger partial charge in [-0.05, 0) is 24.8 Å². The summed E-state index contributed by atoms with van der Waals surface area (Å²) in [6.45, 7) is 8.88. The predicted molar refractivity (Wildman–Crippen MR) is 90.2 cm³/mol. The van der Waals surface area contributed by atoms with Crippen molar-refractivity contribution in [1.82, 2.24) is 0 Å². The van der Waals surface area contributed by atoms with E-state index in [1.165, 1.54) is 24.4 Å². The van der Waals surface area contributed by atoms with E-state index in [-0.39, 0.29) is 0 Å². The molecule has 0 unspecified atom stereocenters. The molecule has 0 aliphatic heterocycles. The van der Waals surface area contributed by atoms with E-state index >= 15 is 0 Å². The Balaban J connectivity index is 2.17. The van der Waals surface area contributed by atoms with Crippen molar-refractivity contribution in [2.24, 2.45) is 0 Å². The normalized spacial score (nSPS) is 20.4. The highest BCUT2D eigenvalue weighted by atomic mass is 28.3. The van der Waals surface area contributed by atoms with Crippen molar-refractivity contribution < 1.29 is 5.11 Å². The first-order valence-corrected chi connectivity index (χ1v) is 11.0. The fourth-order valence-electron chi connectivity index (χ4n) is 3.54. The molecule has 1 fully saturated rings. The standard InChI is InChI=1S/C18H28OSi/c1-4-16(15-18(19)13-9-6-10-14-18)20(2,3)17-11-7-5-8-12-17/h4-5,7-8,11-12,16,19H,1,6,9-10,13-15H2,2-3H3/t16-/m0/s1. The molecular formula is C18H28OSi. The first-order valence-electron chi connectivity index (χ1n) is 7.88. The van der Waals surface area contributed by atoms with Crippen LogP contribution in [-0.2, 0) is 0 Å². The summed E-state index contributed by atoms with van der Waals surface area (Å²) in [4.78, 5) is 0. The van der Waals surface area contributed by atoms with Crippen molar-refractivity contribution in [3.63, 3.8) is 0 Å². The molecule has 1 saturated carbocycles. The molecule has 1 aromatic rings. The van der Waals surface area contributed by atoms with E-state index in [0.717, 1.165) is 19.3 Å². The molecule has 1 aromatic carbocycles. The Labute approximate surface area is 124 Å². The Morgan fingerprint density at radius 2 is 1.80 bits per heavy atom. The molecule has 1 N–H and O–H groups in total. The Morgan fingerprint density at radius 3 is 2.35 bits per heavy atom. The van der Waals surface area contributed by atoms with Crippen LogP contribution in [0.1, 0.15) is 38.5 Å². The van der Waals surface area contributed by atoms with Gasteiger partial charge in [-0.3, -0.25) is 0 Å². The van der Waals surface area contributed by atoms with Crippen LogP contribution in [0.15, 0.2) is 43.0 Å². The van der Waals surface area contributed by atoms with Crippen molar-refractivity contribution >= 4 is 13.3 Å². The average molecular weight is 289 g/mol. The largest absolute Gasteiger partial charge is 0.390 e. The minimum absolute atomic E-state index is 0.438. The lowest BCUT2D eigenvalue weighted by atomic mass is 9.81. The number of benzene rings is 1. The molecule has 1 nitrogen and oxygen atoms in total. The topological polar surface area (TPSA) is 20.2 Å². The van der Waals surface area contributed by atoms with Crippen LogP contribution in [0.3, 0.4) is 0 Å². The molecule has 0 saturated heterocycles. The van der Waals surface area contributed by atoms with Gasteiger partial charge in [0, 0.05) is 0 Å². The molecule has 0 radical (unpaired) electrons. The summed E-state index contributed by atoms with van der Waals surface area (Å²) in [6, 6.07) is 10.8. The molecule has 2 heteroatoms. The Kier molecular flexibility index (Phi) is 4.87. The van der Waals surface area contributed by atoms with Gasteiger partial charge >= 0.3 is 0 Å². The first-order chi connectivity index (χ1) is 9.48. The second-order valence-corrected chi connectivity index (χ2v) is 11.7. The number of rotatable bonds is 5. The summed E-state index contributed by atoms with van der Waals surface area (Å²) in [7, 11) is -1.62. The summed E-state index contributed by atoms with van der Waals surface area (Å²) >= 11 is 0. The number of hydrogen-bond acceptors (Lipinski definition) is 1. The van der Waals surface area contributed by atoms with Gasteiger partial charge in [-0.2, -0.15) is 0 Å². The number of aliphatic hydroxyl groups is 1. The zero-order chi connectivity index (χ0) is 14.6. The van der Waals surface area contributed by atoms with E-state index in [1.54, 1.807) is 0 Å². The second-order valence-electron chi connectivity index (χ2n) is 6.92. The van der Waals surface area contributed by atoms with Gasteiger partial charge in [0.05, 0.1) is 13.7 Å². The Morgan fingerprint density at radius 1 is 1.20 bits per heavy atom. The molecule has 0 aromatic heterocycles. The minimum Gasteiger partial charge on any atom is -0.390 e. The zero-order valence-corrected chi connectivity index (χ0v) is 13.9. The van der Waals surface area contributed by atoms with Crippen molar-refractivity contribution in [1.29, 1.82) is 0 Å². The van der Waals surface area contributed by atoms with E-state index in [1.807, 2.05) is 0 Å². The van der Waals surface area contributed by atoms with Gasteiger partial charge in [0.15, 0.2) is 0 Å². The predicted octanol–water partition coefficient (Wildman–Crippen LogP) is 4.24. The third-order valence-corrected chi connectivity index (χ3v) is 9.23. The highest BCUT2D eigenvalue weighted by Crippen LogP contribution is 2.39. The molecule has 0 amide bonds. The van der Waals surface area contributed by atoms with E-state index < -0.39 is 13.7 Å². The van der Waals surface area contributed by atoms with Crippen LogP contribution in [0.4, 0.5) is 0 Å². The van der Waals surface area contributed by atoms with E-state index in [4.69, 9.17) is 0 Å². The minimum atomic E-state index is -1.62. The summed E-state index contributed by atoms with van der Waals surface area (Å²) < 4.78 is 0. The quantitative estimate of drug-likeness (QED) is 0.634. The summed E-state index contributed by atoms with van der Waals surface area (Å²) in [5, 5.41) is 12.3. The van der Waals surface area contributed by atoms with E-state index in [2.05, 4.69) is 56.1 Å². The van der Waals surface area contributed by atoms with Gasteiger partial charge in [0.1, 0.15) is 0 Å². The lowest BCUT2D eigenvalue weighted by Gasteiger charge is -2.39. The van der Waals surface area contributed by atoms with Crippen molar-refractivity contribution in [2.75, 3.05) is 0 Å². The van der Waals surface area contributed by atoms with Crippen LogP contribution >= 0.6 is 0 Å². The van der Waals surface area contributed by atoms with Crippen molar-refractivity contribution in [3.05, 3.63) is 43.0 Å². The van der Waals surface area contributed by atoms with Gasteiger partial charge in [0.2, 0.25) is 0 Å². The van der Waals surface area contributed by atoms with Gasteiger partial charge in [-0.25, -0.2) is 0 Å². The van der Waals surface area contributed by atoms with Gasteiger partial charge < -0.3 is 5.11 Å². The Hall–Kier alpha value is -0.863. The lowest BCUT2D eigenvalue weighted by Crippen LogP contribution is -2.48. The van der Waals surface area contributed by atoms with Crippen LogP contribution < -0.4 is 5.19 Å². The first kappa shape index (κ1) is 15.5. The molecule has 1 aliphatic carbocycles. The third-order valence-electron chi connectivity index (χ3n) is 5.11. The number of allylic oxidation sites excluding steroid dienone is 1. The van der Waals surface area contributed by atoms with Crippen LogP contribution in [-0.4, -0.2) is 18.8 Å². The molecule has 110 valence electrons. The van der Waals surface area contributed by atoms with Crippen LogP contribution in [0.2, 0.25) is 18.6 Å². The summed E-state index contributed by atoms with van der Waals surface area (Å²) in [5.74, 6) is 0. The third kappa shape index (κ3) is 3.42. The molecular weight excluding hydrogens is 260 g/mol. The molecule has 1 atom stereocenters. The molecule has 0 bridgehead atoms. The monoisotopic (exact) mass is 288 g/mol. The van der Waals surface area contributed by atoms with Gasteiger partial charge in [0.25, 0.3) is 0 Å². The van der Waals surface area contributed by atoms with Crippen LogP contribution in [0.25, 0.3) is 0 Å². The average Bonchev–Trinajstić information content (AvgIpc) is 2.46. The fourth-order valence-corrected chi connectivity index (χ4v) is 6.50.